The van der Waals surface area contributed by atoms with E-state index in [1.165, 1.54) is 4.90 Å². The molecule has 1 aromatic rings. The Bertz CT molecular complexity index is 888. The number of hydrogen-bond donors (Lipinski definition) is 2. The Hall–Kier alpha value is -3.10. The topological polar surface area (TPSA) is 122 Å². The number of carbonyl (C=O) groups is 4. The van der Waals surface area contributed by atoms with Crippen molar-refractivity contribution in [1.29, 1.82) is 0 Å². The number of fused-ring (bicyclic) bond motifs is 1. The third-order valence-corrected chi connectivity index (χ3v) is 6.16. The summed E-state index contributed by atoms with van der Waals surface area (Å²) in [5.74, 6) is -0.796. The predicted molar refractivity (Wildman–Crippen MR) is 106 cm³/mol. The van der Waals surface area contributed by atoms with Gasteiger partial charge in [-0.1, -0.05) is 12.1 Å². The monoisotopic (exact) mass is 414 g/mol. The van der Waals surface area contributed by atoms with E-state index in [-0.39, 0.29) is 36.6 Å². The average Bonchev–Trinajstić information content (AvgIpc) is 2.88. The fourth-order valence-corrected chi connectivity index (χ4v) is 4.38. The minimum absolute atomic E-state index is 0.0507. The van der Waals surface area contributed by atoms with Crippen LogP contribution in [0.5, 0.6) is 5.75 Å². The number of hydrogen-bond acceptors (Lipinski definition) is 5. The molecule has 30 heavy (non-hydrogen) atoms. The van der Waals surface area contributed by atoms with Gasteiger partial charge < -0.3 is 25.6 Å². The van der Waals surface area contributed by atoms with Gasteiger partial charge in [-0.25, -0.2) is 0 Å². The lowest BCUT2D eigenvalue weighted by atomic mass is 9.97. The SMILES string of the molecule is NC(=O)[C@H]1CCCN(C(=O)CN2CC[C@@]3(CCC2=O)NC(=O)c2ccccc2O3)C1. The largest absolute Gasteiger partial charge is 0.467 e. The molecule has 2 atom stereocenters. The summed E-state index contributed by atoms with van der Waals surface area (Å²) in [6.07, 6.45) is 2.29. The fourth-order valence-electron chi connectivity index (χ4n) is 4.38. The van der Waals surface area contributed by atoms with Crippen LogP contribution in [0.25, 0.3) is 0 Å². The van der Waals surface area contributed by atoms with Gasteiger partial charge in [-0.3, -0.25) is 19.2 Å². The average molecular weight is 414 g/mol. The Labute approximate surface area is 174 Å². The van der Waals surface area contributed by atoms with Crippen molar-refractivity contribution in [3.8, 4) is 5.75 Å². The zero-order chi connectivity index (χ0) is 21.3. The van der Waals surface area contributed by atoms with Gasteiger partial charge in [-0.05, 0) is 25.0 Å². The molecule has 9 heteroatoms. The number of carbonyl (C=O) groups excluding carboxylic acids is 4. The van der Waals surface area contributed by atoms with E-state index in [0.29, 0.717) is 50.2 Å². The second-order valence-electron chi connectivity index (χ2n) is 8.19. The molecule has 2 saturated heterocycles. The number of para-hydroxylation sites is 1. The maximum atomic E-state index is 12.8. The van der Waals surface area contributed by atoms with E-state index in [1.54, 1.807) is 29.2 Å². The van der Waals surface area contributed by atoms with Gasteiger partial charge in [0, 0.05) is 38.9 Å². The highest BCUT2D eigenvalue weighted by Crippen LogP contribution is 2.33. The van der Waals surface area contributed by atoms with Crippen LogP contribution in [-0.4, -0.2) is 65.3 Å². The molecule has 3 N–H and O–H groups in total. The lowest BCUT2D eigenvalue weighted by Crippen LogP contribution is -2.56. The van der Waals surface area contributed by atoms with Gasteiger partial charge in [0.25, 0.3) is 5.91 Å². The zero-order valence-electron chi connectivity index (χ0n) is 16.8. The van der Waals surface area contributed by atoms with E-state index in [1.807, 2.05) is 0 Å². The van der Waals surface area contributed by atoms with E-state index >= 15 is 0 Å². The third kappa shape index (κ3) is 3.96. The molecule has 1 spiro atoms. The van der Waals surface area contributed by atoms with Gasteiger partial charge in [0.05, 0.1) is 18.0 Å². The van der Waals surface area contributed by atoms with Crippen LogP contribution in [0.1, 0.15) is 42.5 Å². The van der Waals surface area contributed by atoms with E-state index < -0.39 is 11.6 Å². The van der Waals surface area contributed by atoms with Crippen molar-refractivity contribution in [1.82, 2.24) is 15.1 Å². The van der Waals surface area contributed by atoms with Crippen molar-refractivity contribution in [2.45, 2.75) is 37.8 Å². The van der Waals surface area contributed by atoms with Crippen molar-refractivity contribution in [3.63, 3.8) is 0 Å². The molecule has 3 aliphatic heterocycles. The van der Waals surface area contributed by atoms with Crippen LogP contribution in [0, 0.1) is 5.92 Å². The van der Waals surface area contributed by atoms with Crippen LogP contribution in [0.4, 0.5) is 0 Å². The fraction of sp³-hybridized carbons (Fsp3) is 0.524. The van der Waals surface area contributed by atoms with Gasteiger partial charge in [0.2, 0.25) is 17.7 Å². The van der Waals surface area contributed by atoms with Crippen LogP contribution >= 0.6 is 0 Å². The van der Waals surface area contributed by atoms with Gasteiger partial charge >= 0.3 is 0 Å². The molecule has 0 unspecified atom stereocenters. The minimum Gasteiger partial charge on any atom is -0.467 e. The molecule has 3 aliphatic rings. The Kier molecular flexibility index (Phi) is 5.36. The standard InChI is InChI=1S/C21H26N4O5/c22-19(28)14-4-3-10-24(12-14)18(27)13-25-11-9-21(8-7-17(25)26)23-20(29)15-5-1-2-6-16(15)30-21/h1-2,5-6,14H,3-4,7-13H2,(H2,22,28)(H,23,29)/t14-,21-/m0/s1. The first-order chi connectivity index (χ1) is 14.4. The van der Waals surface area contributed by atoms with Crippen LogP contribution in [0.3, 0.4) is 0 Å². The van der Waals surface area contributed by atoms with Gasteiger partial charge in [0.1, 0.15) is 5.75 Å². The predicted octanol–water partition coefficient (Wildman–Crippen LogP) is 0.242. The summed E-state index contributed by atoms with van der Waals surface area (Å²) in [5, 5.41) is 2.92. The molecule has 0 aliphatic carbocycles. The molecular formula is C21H26N4O5. The summed E-state index contributed by atoms with van der Waals surface area (Å²) in [6.45, 7) is 1.10. The number of nitrogens with zero attached hydrogens (tertiary/aromatic N) is 2. The summed E-state index contributed by atoms with van der Waals surface area (Å²) < 4.78 is 6.11. The van der Waals surface area contributed by atoms with E-state index in [9.17, 15) is 19.2 Å². The number of rotatable bonds is 3. The Morgan fingerprint density at radius 2 is 2.00 bits per heavy atom. The molecule has 1 aromatic carbocycles. The highest BCUT2D eigenvalue weighted by molar-refractivity contribution is 5.98. The number of nitrogens with one attached hydrogen (secondary N) is 1. The van der Waals surface area contributed by atoms with Gasteiger partial charge in [-0.15, -0.1) is 0 Å². The summed E-state index contributed by atoms with van der Waals surface area (Å²) in [5.41, 5.74) is 4.91. The minimum atomic E-state index is -0.957. The number of piperidine rings is 1. The molecule has 4 rings (SSSR count). The third-order valence-electron chi connectivity index (χ3n) is 6.16. The molecule has 2 fully saturated rings. The normalized spacial score (nSPS) is 26.5. The lowest BCUT2D eigenvalue weighted by molar-refractivity contribution is -0.142. The van der Waals surface area contributed by atoms with Crippen molar-refractivity contribution in [2.75, 3.05) is 26.2 Å². The Morgan fingerprint density at radius 3 is 2.80 bits per heavy atom. The first kappa shape index (κ1) is 20.2. The number of benzene rings is 1. The number of likely N-dealkylation sites (tertiary alicyclic amines) is 2. The molecular weight excluding hydrogens is 388 g/mol. The Morgan fingerprint density at radius 1 is 1.20 bits per heavy atom. The van der Waals surface area contributed by atoms with Crippen LogP contribution in [0.2, 0.25) is 0 Å². The molecule has 9 nitrogen and oxygen atoms in total. The Balaban J connectivity index is 1.42. The van der Waals surface area contributed by atoms with Crippen molar-refractivity contribution in [3.05, 3.63) is 29.8 Å². The maximum Gasteiger partial charge on any atom is 0.258 e. The molecule has 3 heterocycles. The van der Waals surface area contributed by atoms with Crippen LogP contribution < -0.4 is 15.8 Å². The maximum absolute atomic E-state index is 12.8. The summed E-state index contributed by atoms with van der Waals surface area (Å²) in [7, 11) is 0. The molecule has 0 saturated carbocycles. The van der Waals surface area contributed by atoms with Gasteiger partial charge in [0.15, 0.2) is 5.72 Å². The van der Waals surface area contributed by atoms with E-state index in [2.05, 4.69) is 5.32 Å². The molecule has 0 bridgehead atoms. The van der Waals surface area contributed by atoms with Crippen molar-refractivity contribution in [2.24, 2.45) is 11.7 Å². The highest BCUT2D eigenvalue weighted by Gasteiger charge is 2.43. The number of ether oxygens (including phenoxy) is 1. The zero-order valence-corrected chi connectivity index (χ0v) is 16.8. The number of primary amides is 1. The first-order valence-electron chi connectivity index (χ1n) is 10.3. The summed E-state index contributed by atoms with van der Waals surface area (Å²) >= 11 is 0. The quantitative estimate of drug-likeness (QED) is 0.734. The molecule has 4 amide bonds. The summed E-state index contributed by atoms with van der Waals surface area (Å²) in [4.78, 5) is 52.5. The van der Waals surface area contributed by atoms with Crippen molar-refractivity contribution >= 4 is 23.6 Å². The number of nitrogens with two attached hydrogens (primary N) is 1. The summed E-state index contributed by atoms with van der Waals surface area (Å²) in [6, 6.07) is 7.01. The second kappa shape index (κ2) is 7.97. The van der Waals surface area contributed by atoms with E-state index in [4.69, 9.17) is 10.5 Å². The molecule has 0 radical (unpaired) electrons. The van der Waals surface area contributed by atoms with Crippen LogP contribution in [0.15, 0.2) is 24.3 Å². The highest BCUT2D eigenvalue weighted by atomic mass is 16.5. The lowest BCUT2D eigenvalue weighted by Gasteiger charge is -2.38. The van der Waals surface area contributed by atoms with Crippen molar-refractivity contribution < 1.29 is 23.9 Å². The van der Waals surface area contributed by atoms with Crippen LogP contribution in [-0.2, 0) is 14.4 Å². The van der Waals surface area contributed by atoms with E-state index in [0.717, 1.165) is 6.42 Å². The first-order valence-corrected chi connectivity index (χ1v) is 10.3. The molecule has 0 aromatic heterocycles. The van der Waals surface area contributed by atoms with Gasteiger partial charge in [-0.2, -0.15) is 0 Å². The number of amides is 4. The smallest absolute Gasteiger partial charge is 0.258 e. The molecule has 160 valence electrons. The second-order valence-corrected chi connectivity index (χ2v) is 8.19.